The van der Waals surface area contributed by atoms with Crippen molar-refractivity contribution in [1.29, 1.82) is 0 Å². The molecule has 0 radical (unpaired) electrons. The normalized spacial score (nSPS) is 47.0. The molecule has 358 valence electrons. The van der Waals surface area contributed by atoms with Gasteiger partial charge in [0, 0.05) is 18.1 Å². The Balaban J connectivity index is 1.21. The van der Waals surface area contributed by atoms with Crippen LogP contribution in [0, 0.1) is 88.8 Å². The highest BCUT2D eigenvalue weighted by atomic mass is 14.7. The quantitative estimate of drug-likeness (QED) is 0.246. The maximum atomic E-state index is 7.33. The second-order valence-electron chi connectivity index (χ2n) is 25.6. The Labute approximate surface area is 386 Å². The van der Waals surface area contributed by atoms with Crippen molar-refractivity contribution in [2.24, 2.45) is 106 Å². The van der Waals surface area contributed by atoms with Crippen LogP contribution in [0.3, 0.4) is 0 Å². The molecule has 0 spiro atoms. The smallest absolute Gasteiger partial charge is 0.00723 e. The van der Waals surface area contributed by atoms with Crippen LogP contribution in [0.2, 0.25) is 0 Å². The molecule has 0 aromatic carbocycles. The van der Waals surface area contributed by atoms with Gasteiger partial charge < -0.3 is 17.2 Å². The average Bonchev–Trinajstić information content (AvgIpc) is 3.37. The third-order valence-corrected chi connectivity index (χ3v) is 21.7. The van der Waals surface area contributed by atoms with Crippen LogP contribution in [0.5, 0.6) is 0 Å². The summed E-state index contributed by atoms with van der Waals surface area (Å²) in [7, 11) is 0. The molecule has 18 unspecified atom stereocenters. The molecule has 0 heterocycles. The number of rotatable bonds is 1. The molecule has 0 amide bonds. The summed E-state index contributed by atoms with van der Waals surface area (Å²) in [4.78, 5) is 0. The molecule has 8 aliphatic carbocycles. The van der Waals surface area contributed by atoms with Gasteiger partial charge in [-0.15, -0.1) is 0 Å². The average molecular weight is 859 g/mol. The zero-order chi connectivity index (χ0) is 42.7. The molecular weight excluding hydrogens is 751 g/mol. The molecule has 8 saturated carbocycles. The molecule has 0 aromatic heterocycles. The van der Waals surface area contributed by atoms with Crippen molar-refractivity contribution < 1.29 is 0 Å². The number of hydrogen-bond donors (Lipinski definition) is 3. The van der Waals surface area contributed by atoms with Crippen molar-refractivity contribution in [2.45, 2.75) is 282 Å². The summed E-state index contributed by atoms with van der Waals surface area (Å²) in [6, 6.07) is 1.27. The van der Waals surface area contributed by atoms with Crippen molar-refractivity contribution in [3.63, 3.8) is 0 Å². The molecule has 3 nitrogen and oxygen atoms in total. The lowest BCUT2D eigenvalue weighted by Crippen LogP contribution is -2.53. The van der Waals surface area contributed by atoms with Gasteiger partial charge in [-0.2, -0.15) is 0 Å². The molecule has 0 aliphatic heterocycles. The largest absolute Gasteiger partial charge is 0.328 e. The fourth-order valence-electron chi connectivity index (χ4n) is 18.6. The predicted octanol–water partition coefficient (Wildman–Crippen LogP) is 15.9. The van der Waals surface area contributed by atoms with Gasteiger partial charge in [0.05, 0.1) is 0 Å². The maximum absolute atomic E-state index is 7.33. The Hall–Kier alpha value is -0.120. The van der Waals surface area contributed by atoms with Gasteiger partial charge in [0.25, 0.3) is 0 Å². The summed E-state index contributed by atoms with van der Waals surface area (Å²) in [5.41, 5.74) is 21.8. The zero-order valence-corrected chi connectivity index (χ0v) is 41.4. The Bertz CT molecular complexity index is 1250. The van der Waals surface area contributed by atoms with E-state index in [4.69, 9.17) is 17.2 Å². The van der Waals surface area contributed by atoms with Crippen LogP contribution in [0.15, 0.2) is 0 Å². The zero-order valence-electron chi connectivity index (χ0n) is 41.4. The van der Waals surface area contributed by atoms with Crippen LogP contribution in [0.25, 0.3) is 0 Å². The molecule has 8 rings (SSSR count). The number of hydrogen-bond acceptors (Lipinski definition) is 3. The van der Waals surface area contributed by atoms with Gasteiger partial charge in [-0.1, -0.05) is 200 Å². The molecule has 0 saturated heterocycles. The van der Waals surface area contributed by atoms with E-state index in [-0.39, 0.29) is 0 Å². The fraction of sp³-hybridized carbons (Fsp3) is 1.00. The van der Waals surface area contributed by atoms with Crippen LogP contribution >= 0.6 is 0 Å². The first-order valence-electron chi connectivity index (χ1n) is 29.7. The van der Waals surface area contributed by atoms with E-state index in [9.17, 15) is 0 Å². The monoisotopic (exact) mass is 858 g/mol. The van der Waals surface area contributed by atoms with Gasteiger partial charge >= 0.3 is 0 Å². The van der Waals surface area contributed by atoms with Crippen molar-refractivity contribution in [2.75, 3.05) is 0 Å². The summed E-state index contributed by atoms with van der Waals surface area (Å²) < 4.78 is 0. The first kappa shape index (κ1) is 48.3. The molecule has 3 heteroatoms. The standard InChI is InChI=1S/C59H107N3/c1-42-35-55-54(41-50-31-21-22-34-57(62)58(42)50)56-40-48-29-15-7-8-19-32-51(60)38-46(48)27-17-10-20-33-52(61)37-45-26-13-5-6-14-28-47(45)39-53(59(55)56)49-30-18-9-16-24-43-23-11-3-2-4-12-25-44(43)36-49/h42-59H,2-41,60-62H2,1H3. The van der Waals surface area contributed by atoms with E-state index in [2.05, 4.69) is 6.92 Å². The summed E-state index contributed by atoms with van der Waals surface area (Å²) in [6.07, 6.45) is 58.5. The van der Waals surface area contributed by atoms with E-state index < -0.39 is 0 Å². The highest BCUT2D eigenvalue weighted by Crippen LogP contribution is 2.65. The summed E-state index contributed by atoms with van der Waals surface area (Å²) in [6.45, 7) is 2.73. The Morgan fingerprint density at radius 3 is 1.13 bits per heavy atom. The van der Waals surface area contributed by atoms with Gasteiger partial charge in [0.15, 0.2) is 0 Å². The van der Waals surface area contributed by atoms with Crippen LogP contribution < -0.4 is 17.2 Å². The third-order valence-electron chi connectivity index (χ3n) is 21.7. The summed E-state index contributed by atoms with van der Waals surface area (Å²) in [5, 5.41) is 0. The van der Waals surface area contributed by atoms with Gasteiger partial charge in [-0.05, 0) is 153 Å². The van der Waals surface area contributed by atoms with E-state index in [0.29, 0.717) is 18.1 Å². The van der Waals surface area contributed by atoms with Crippen molar-refractivity contribution in [3.05, 3.63) is 0 Å². The molecule has 0 aromatic rings. The Kier molecular flexibility index (Phi) is 19.3. The van der Waals surface area contributed by atoms with Crippen LogP contribution in [-0.4, -0.2) is 18.1 Å². The lowest BCUT2D eigenvalue weighted by molar-refractivity contribution is -0.112. The van der Waals surface area contributed by atoms with Crippen molar-refractivity contribution >= 4 is 0 Å². The minimum atomic E-state index is 0.410. The lowest BCUT2D eigenvalue weighted by atomic mass is 9.45. The number of nitrogens with two attached hydrogens (primary N) is 3. The van der Waals surface area contributed by atoms with Crippen LogP contribution in [0.1, 0.15) is 264 Å². The second kappa shape index (κ2) is 24.8. The highest BCUT2D eigenvalue weighted by Gasteiger charge is 2.58. The molecule has 8 fully saturated rings. The topological polar surface area (TPSA) is 78.1 Å². The van der Waals surface area contributed by atoms with E-state index in [0.717, 1.165) is 88.8 Å². The van der Waals surface area contributed by atoms with E-state index in [1.807, 2.05) is 0 Å². The molecule has 8 aliphatic rings. The SMILES string of the molecule is CC1CC2C(CC3CCCCC(N)C13)C1CC3CCCCCCC(N)CC3CCCCCC(N)CC3CCCCCCC3CC(C3CCCCCC4CCCCCCCC4C3)C21. The van der Waals surface area contributed by atoms with Gasteiger partial charge in [-0.25, -0.2) is 0 Å². The predicted molar refractivity (Wildman–Crippen MR) is 267 cm³/mol. The molecule has 0 bridgehead atoms. The third kappa shape index (κ3) is 12.9. The van der Waals surface area contributed by atoms with E-state index in [1.54, 1.807) is 44.9 Å². The highest BCUT2D eigenvalue weighted by molar-refractivity contribution is 5.07. The molecule has 62 heavy (non-hydrogen) atoms. The van der Waals surface area contributed by atoms with E-state index in [1.165, 1.54) is 212 Å². The Morgan fingerprint density at radius 2 is 0.581 bits per heavy atom. The molecular formula is C59H107N3. The molecule has 18 atom stereocenters. The number of fused-ring (bicyclic) bond motifs is 8. The first-order chi connectivity index (χ1) is 30.4. The summed E-state index contributed by atoms with van der Waals surface area (Å²) in [5.74, 6) is 13.7. The van der Waals surface area contributed by atoms with Crippen molar-refractivity contribution in [1.82, 2.24) is 0 Å². The van der Waals surface area contributed by atoms with E-state index >= 15 is 0 Å². The minimum absolute atomic E-state index is 0.410. The van der Waals surface area contributed by atoms with Crippen molar-refractivity contribution in [3.8, 4) is 0 Å². The fourth-order valence-corrected chi connectivity index (χ4v) is 18.6. The van der Waals surface area contributed by atoms with Crippen LogP contribution in [-0.2, 0) is 0 Å². The lowest BCUT2D eigenvalue weighted by Gasteiger charge is -2.60. The van der Waals surface area contributed by atoms with Gasteiger partial charge in [0.2, 0.25) is 0 Å². The van der Waals surface area contributed by atoms with Gasteiger partial charge in [-0.3, -0.25) is 0 Å². The first-order valence-corrected chi connectivity index (χ1v) is 29.7. The second-order valence-corrected chi connectivity index (χ2v) is 25.6. The molecule has 6 N–H and O–H groups in total. The Morgan fingerprint density at radius 1 is 0.242 bits per heavy atom. The maximum Gasteiger partial charge on any atom is 0.00723 e. The summed E-state index contributed by atoms with van der Waals surface area (Å²) >= 11 is 0. The minimum Gasteiger partial charge on any atom is -0.328 e. The van der Waals surface area contributed by atoms with Gasteiger partial charge in [0.1, 0.15) is 0 Å². The van der Waals surface area contributed by atoms with Crippen LogP contribution in [0.4, 0.5) is 0 Å².